The van der Waals surface area contributed by atoms with Crippen LogP contribution < -0.4 is 10.1 Å². The summed E-state index contributed by atoms with van der Waals surface area (Å²) in [6.07, 6.45) is 4.02. The van der Waals surface area contributed by atoms with Gasteiger partial charge in [0.05, 0.1) is 17.7 Å². The fourth-order valence-corrected chi connectivity index (χ4v) is 6.97. The number of carbonyl (C=O) groups is 1. The van der Waals surface area contributed by atoms with E-state index in [1.807, 2.05) is 41.8 Å². The van der Waals surface area contributed by atoms with Gasteiger partial charge >= 0.3 is 0 Å². The standard InChI is InChI=1S/C25H27N3O4S2/c1-32-23-8-3-2-7-21(23)22-16-33-25(26-22)27-24(29)18-11-13-28(14-12-18)34(30,31)20-10-9-17-5-4-6-19(17)15-20/h2-3,7-10,15-16,18H,4-6,11-14H2,1H3,(H,26,27,29). The number of methoxy groups -OCH3 is 1. The maximum absolute atomic E-state index is 13.2. The van der Waals surface area contributed by atoms with Gasteiger partial charge in [-0.2, -0.15) is 4.31 Å². The molecule has 0 atom stereocenters. The van der Waals surface area contributed by atoms with Gasteiger partial charge in [0.15, 0.2) is 5.13 Å². The van der Waals surface area contributed by atoms with Gasteiger partial charge in [-0.3, -0.25) is 4.79 Å². The van der Waals surface area contributed by atoms with Crippen molar-refractivity contribution in [2.24, 2.45) is 5.92 Å². The lowest BCUT2D eigenvalue weighted by Crippen LogP contribution is -2.41. The number of benzene rings is 2. The molecule has 2 aliphatic rings. The van der Waals surface area contributed by atoms with Crippen LogP contribution in [-0.4, -0.2) is 43.8 Å². The molecule has 9 heteroatoms. The van der Waals surface area contributed by atoms with Gasteiger partial charge in [0.2, 0.25) is 15.9 Å². The van der Waals surface area contributed by atoms with Gasteiger partial charge in [0, 0.05) is 30.0 Å². The van der Waals surface area contributed by atoms with E-state index in [0.717, 1.165) is 41.8 Å². The number of nitrogens with zero attached hydrogens (tertiary/aromatic N) is 2. The molecule has 3 aromatic rings. The highest BCUT2D eigenvalue weighted by atomic mass is 32.2. The minimum absolute atomic E-state index is 0.115. The van der Waals surface area contributed by atoms with Gasteiger partial charge in [-0.1, -0.05) is 18.2 Å². The first-order valence-electron chi connectivity index (χ1n) is 11.5. The van der Waals surface area contributed by atoms with Crippen molar-refractivity contribution in [1.82, 2.24) is 9.29 Å². The van der Waals surface area contributed by atoms with Crippen molar-refractivity contribution in [1.29, 1.82) is 0 Å². The lowest BCUT2D eigenvalue weighted by molar-refractivity contribution is -0.120. The van der Waals surface area contributed by atoms with Crippen molar-refractivity contribution < 1.29 is 17.9 Å². The van der Waals surface area contributed by atoms with Gasteiger partial charge in [-0.25, -0.2) is 13.4 Å². The summed E-state index contributed by atoms with van der Waals surface area (Å²) in [6, 6.07) is 13.1. The van der Waals surface area contributed by atoms with Gasteiger partial charge in [0.1, 0.15) is 5.75 Å². The van der Waals surface area contributed by atoms with Crippen molar-refractivity contribution in [3.63, 3.8) is 0 Å². The Kier molecular flexibility index (Phi) is 6.42. The summed E-state index contributed by atoms with van der Waals surface area (Å²) in [5.41, 5.74) is 4.01. The van der Waals surface area contributed by atoms with Crippen LogP contribution >= 0.6 is 11.3 Å². The van der Waals surface area contributed by atoms with Gasteiger partial charge in [-0.15, -0.1) is 11.3 Å². The average molecular weight is 498 g/mol. The zero-order valence-electron chi connectivity index (χ0n) is 19.0. The van der Waals surface area contributed by atoms with E-state index in [9.17, 15) is 13.2 Å². The highest BCUT2D eigenvalue weighted by Gasteiger charge is 2.33. The molecule has 2 aromatic carbocycles. The third-order valence-corrected chi connectivity index (χ3v) is 9.30. The molecule has 1 aromatic heterocycles. The number of fused-ring (bicyclic) bond motifs is 1. The van der Waals surface area contributed by atoms with Crippen molar-refractivity contribution in [3.05, 3.63) is 59.0 Å². The first-order valence-corrected chi connectivity index (χ1v) is 13.8. The summed E-state index contributed by atoms with van der Waals surface area (Å²) in [4.78, 5) is 17.8. The molecule has 0 unspecified atom stereocenters. The van der Waals surface area contributed by atoms with E-state index in [4.69, 9.17) is 4.74 Å². The molecule has 0 spiro atoms. The lowest BCUT2D eigenvalue weighted by atomic mass is 9.97. The number of thiazole rings is 1. The molecule has 2 heterocycles. The van der Waals surface area contributed by atoms with Gasteiger partial charge in [0.25, 0.3) is 0 Å². The van der Waals surface area contributed by atoms with Crippen LogP contribution in [0.25, 0.3) is 11.3 Å². The molecule has 7 nitrogen and oxygen atoms in total. The average Bonchev–Trinajstić information content (AvgIpc) is 3.53. The summed E-state index contributed by atoms with van der Waals surface area (Å²) in [7, 11) is -1.93. The SMILES string of the molecule is COc1ccccc1-c1csc(NC(=O)C2CCN(S(=O)(=O)c3ccc4c(c3)CCC4)CC2)n1. The molecule has 1 aliphatic carbocycles. The smallest absolute Gasteiger partial charge is 0.243 e. The summed E-state index contributed by atoms with van der Waals surface area (Å²) >= 11 is 1.36. The third-order valence-electron chi connectivity index (χ3n) is 6.65. The highest BCUT2D eigenvalue weighted by Crippen LogP contribution is 2.33. The largest absolute Gasteiger partial charge is 0.496 e. The normalized spacial score (nSPS) is 16.9. The quantitative estimate of drug-likeness (QED) is 0.547. The second-order valence-corrected chi connectivity index (χ2v) is 11.5. The Bertz CT molecular complexity index is 1310. The number of nitrogens with one attached hydrogen (secondary N) is 1. The fraction of sp³-hybridized carbons (Fsp3) is 0.360. The molecule has 1 aliphatic heterocycles. The second kappa shape index (κ2) is 9.48. The molecule has 1 saturated heterocycles. The van der Waals surface area contributed by atoms with Crippen LogP contribution in [0.5, 0.6) is 5.75 Å². The van der Waals surface area contributed by atoms with E-state index in [1.165, 1.54) is 21.2 Å². The van der Waals surface area contributed by atoms with Crippen molar-refractivity contribution >= 4 is 32.4 Å². The minimum Gasteiger partial charge on any atom is -0.496 e. The lowest BCUT2D eigenvalue weighted by Gasteiger charge is -2.30. The molecule has 1 amide bonds. The Balaban J connectivity index is 1.21. The Morgan fingerprint density at radius 3 is 2.68 bits per heavy atom. The van der Waals surface area contributed by atoms with Crippen molar-refractivity contribution in [2.45, 2.75) is 37.0 Å². The Hall–Kier alpha value is -2.75. The van der Waals surface area contributed by atoms with Crippen molar-refractivity contribution in [3.8, 4) is 17.0 Å². The number of piperidine rings is 1. The number of aromatic nitrogens is 1. The topological polar surface area (TPSA) is 88.6 Å². The van der Waals surface area contributed by atoms with Gasteiger partial charge < -0.3 is 10.1 Å². The minimum atomic E-state index is -3.55. The van der Waals surface area contributed by atoms with Crippen LogP contribution in [0.2, 0.25) is 0 Å². The molecule has 1 N–H and O–H groups in total. The van der Waals surface area contributed by atoms with Crippen LogP contribution in [0.3, 0.4) is 0 Å². The molecule has 1 fully saturated rings. The molecule has 178 valence electrons. The molecule has 0 bridgehead atoms. The number of ether oxygens (including phenoxy) is 1. The number of anilines is 1. The van der Waals surface area contributed by atoms with Gasteiger partial charge in [-0.05, 0) is 67.5 Å². The Morgan fingerprint density at radius 1 is 1.12 bits per heavy atom. The zero-order chi connectivity index (χ0) is 23.7. The zero-order valence-corrected chi connectivity index (χ0v) is 20.6. The number of aryl methyl sites for hydroxylation is 2. The number of para-hydroxylation sites is 1. The van der Waals surface area contributed by atoms with E-state index in [-0.39, 0.29) is 11.8 Å². The van der Waals surface area contributed by atoms with E-state index < -0.39 is 10.0 Å². The molecule has 5 rings (SSSR count). The summed E-state index contributed by atoms with van der Waals surface area (Å²) in [5, 5.41) is 5.33. The molecule has 0 radical (unpaired) electrons. The van der Waals surface area contributed by atoms with Crippen LogP contribution in [0.4, 0.5) is 5.13 Å². The van der Waals surface area contributed by atoms with E-state index >= 15 is 0 Å². The number of hydrogen-bond donors (Lipinski definition) is 1. The van der Waals surface area contributed by atoms with Crippen LogP contribution in [0, 0.1) is 5.92 Å². The highest BCUT2D eigenvalue weighted by molar-refractivity contribution is 7.89. The van der Waals surface area contributed by atoms with Crippen LogP contribution in [0.1, 0.15) is 30.4 Å². The van der Waals surface area contributed by atoms with E-state index in [1.54, 1.807) is 13.2 Å². The molecular weight excluding hydrogens is 470 g/mol. The summed E-state index contributed by atoms with van der Waals surface area (Å²) < 4.78 is 33.2. The van der Waals surface area contributed by atoms with E-state index in [2.05, 4.69) is 10.3 Å². The third kappa shape index (κ3) is 4.47. The number of hydrogen-bond acceptors (Lipinski definition) is 6. The number of rotatable bonds is 6. The Labute approximate surface area is 203 Å². The first kappa shape index (κ1) is 23.0. The summed E-state index contributed by atoms with van der Waals surface area (Å²) in [5.74, 6) is 0.364. The number of amides is 1. The second-order valence-electron chi connectivity index (χ2n) is 8.69. The predicted molar refractivity (Wildman–Crippen MR) is 133 cm³/mol. The first-order chi connectivity index (χ1) is 16.5. The monoisotopic (exact) mass is 497 g/mol. The maximum atomic E-state index is 13.2. The molecule has 34 heavy (non-hydrogen) atoms. The number of carbonyl (C=O) groups excluding carboxylic acids is 1. The van der Waals surface area contributed by atoms with Crippen LogP contribution in [-0.2, 0) is 27.7 Å². The fourth-order valence-electron chi connectivity index (χ4n) is 4.73. The molecular formula is C25H27N3O4S2. The van der Waals surface area contributed by atoms with E-state index in [0.29, 0.717) is 36.0 Å². The summed E-state index contributed by atoms with van der Waals surface area (Å²) in [6.45, 7) is 0.670. The number of sulfonamides is 1. The maximum Gasteiger partial charge on any atom is 0.243 e. The predicted octanol–water partition coefficient (Wildman–Crippen LogP) is 4.35. The van der Waals surface area contributed by atoms with Crippen LogP contribution in [0.15, 0.2) is 52.7 Å². The van der Waals surface area contributed by atoms with Crippen molar-refractivity contribution in [2.75, 3.05) is 25.5 Å². The molecule has 0 saturated carbocycles. The Morgan fingerprint density at radius 2 is 1.88 bits per heavy atom.